The summed E-state index contributed by atoms with van der Waals surface area (Å²) in [7, 11) is 0. The topological polar surface area (TPSA) is 68.1 Å². The van der Waals surface area contributed by atoms with Crippen molar-refractivity contribution in [3.8, 4) is 5.75 Å². The van der Waals surface area contributed by atoms with E-state index in [1.807, 2.05) is 6.07 Å². The second-order valence-electron chi connectivity index (χ2n) is 4.06. The molecule has 1 atom stereocenters. The van der Waals surface area contributed by atoms with Crippen molar-refractivity contribution in [1.29, 1.82) is 0 Å². The number of hydrogen-bond donors (Lipinski definition) is 1. The number of para-hydroxylation sites is 1. The highest BCUT2D eigenvalue weighted by molar-refractivity contribution is 6.24. The SMILES string of the molecule is CCOC(=O)C12C=C1C(=NO)c1ccccc1O2. The van der Waals surface area contributed by atoms with E-state index in [0.29, 0.717) is 22.6 Å². The van der Waals surface area contributed by atoms with Crippen molar-refractivity contribution < 1.29 is 19.5 Å². The number of fused-ring (bicyclic) bond motifs is 2. The van der Waals surface area contributed by atoms with Gasteiger partial charge in [0.2, 0.25) is 0 Å². The predicted octanol–water partition coefficient (Wildman–Crippen LogP) is 1.50. The van der Waals surface area contributed by atoms with Gasteiger partial charge in [-0.25, -0.2) is 4.79 Å². The summed E-state index contributed by atoms with van der Waals surface area (Å²) in [6.45, 7) is 2.01. The number of hydrogen-bond acceptors (Lipinski definition) is 5. The van der Waals surface area contributed by atoms with Crippen LogP contribution in [0.4, 0.5) is 0 Å². The summed E-state index contributed by atoms with van der Waals surface area (Å²) in [5, 5.41) is 12.4. The van der Waals surface area contributed by atoms with Crippen molar-refractivity contribution in [2.75, 3.05) is 6.61 Å². The zero-order valence-corrected chi connectivity index (χ0v) is 9.71. The number of carbonyl (C=O) groups excluding carboxylic acids is 1. The van der Waals surface area contributed by atoms with E-state index in [1.165, 1.54) is 0 Å². The second-order valence-corrected chi connectivity index (χ2v) is 4.06. The third-order valence-electron chi connectivity index (χ3n) is 3.01. The molecule has 0 spiro atoms. The predicted molar refractivity (Wildman–Crippen MR) is 62.8 cm³/mol. The van der Waals surface area contributed by atoms with Crippen LogP contribution in [-0.4, -0.2) is 29.1 Å². The highest BCUT2D eigenvalue weighted by Gasteiger charge is 2.60. The van der Waals surface area contributed by atoms with E-state index in [2.05, 4.69) is 5.16 Å². The minimum absolute atomic E-state index is 0.276. The Hall–Kier alpha value is -2.30. The van der Waals surface area contributed by atoms with Gasteiger partial charge >= 0.3 is 5.97 Å². The minimum atomic E-state index is -1.19. The van der Waals surface area contributed by atoms with Crippen LogP contribution in [0.2, 0.25) is 0 Å². The fourth-order valence-corrected chi connectivity index (χ4v) is 2.12. The fraction of sp³-hybridized carbons (Fsp3) is 0.231. The van der Waals surface area contributed by atoms with Crippen molar-refractivity contribution >= 4 is 11.7 Å². The van der Waals surface area contributed by atoms with Gasteiger partial charge in [0, 0.05) is 11.1 Å². The zero-order valence-electron chi connectivity index (χ0n) is 9.71. The molecule has 5 nitrogen and oxygen atoms in total. The number of rotatable bonds is 2. The van der Waals surface area contributed by atoms with Crippen LogP contribution in [-0.2, 0) is 9.53 Å². The van der Waals surface area contributed by atoms with E-state index >= 15 is 0 Å². The van der Waals surface area contributed by atoms with Gasteiger partial charge in [0.15, 0.2) is 0 Å². The third kappa shape index (κ3) is 1.27. The summed E-state index contributed by atoms with van der Waals surface area (Å²) in [4.78, 5) is 11.9. The van der Waals surface area contributed by atoms with E-state index in [-0.39, 0.29) is 6.61 Å². The Kier molecular flexibility index (Phi) is 2.16. The van der Waals surface area contributed by atoms with Gasteiger partial charge in [-0.05, 0) is 25.1 Å². The summed E-state index contributed by atoms with van der Waals surface area (Å²) >= 11 is 0. The van der Waals surface area contributed by atoms with E-state index < -0.39 is 11.6 Å². The Morgan fingerprint density at radius 1 is 1.50 bits per heavy atom. The molecule has 1 aromatic carbocycles. The molecule has 0 radical (unpaired) electrons. The van der Waals surface area contributed by atoms with Crippen molar-refractivity contribution in [1.82, 2.24) is 0 Å². The molecule has 1 aliphatic heterocycles. The van der Waals surface area contributed by atoms with Crippen LogP contribution < -0.4 is 4.74 Å². The molecule has 5 heteroatoms. The van der Waals surface area contributed by atoms with Gasteiger partial charge in [-0.3, -0.25) is 0 Å². The van der Waals surface area contributed by atoms with Crippen molar-refractivity contribution in [3.05, 3.63) is 41.5 Å². The maximum atomic E-state index is 11.9. The fourth-order valence-electron chi connectivity index (χ4n) is 2.12. The van der Waals surface area contributed by atoms with Gasteiger partial charge < -0.3 is 14.7 Å². The molecule has 1 heterocycles. The Bertz CT molecular complexity index is 590. The molecule has 0 saturated carbocycles. The number of benzene rings is 1. The van der Waals surface area contributed by atoms with Crippen molar-refractivity contribution in [2.24, 2.45) is 5.16 Å². The Morgan fingerprint density at radius 3 is 3.00 bits per heavy atom. The normalized spacial score (nSPS) is 25.6. The third-order valence-corrected chi connectivity index (χ3v) is 3.01. The molecule has 92 valence electrons. The zero-order chi connectivity index (χ0) is 12.8. The molecular formula is C13H11NO4. The first kappa shape index (κ1) is 10.8. The lowest BCUT2D eigenvalue weighted by molar-refractivity contribution is -0.152. The molecule has 0 saturated heterocycles. The number of oxime groups is 1. The first-order chi connectivity index (χ1) is 8.73. The van der Waals surface area contributed by atoms with Gasteiger partial charge in [0.05, 0.1) is 6.61 Å². The van der Waals surface area contributed by atoms with Gasteiger partial charge in [-0.1, -0.05) is 17.3 Å². The maximum absolute atomic E-state index is 11.9. The largest absolute Gasteiger partial charge is 0.466 e. The van der Waals surface area contributed by atoms with Crippen LogP contribution in [0.3, 0.4) is 0 Å². The number of esters is 1. The molecule has 2 aliphatic rings. The van der Waals surface area contributed by atoms with Gasteiger partial charge in [-0.2, -0.15) is 0 Å². The van der Waals surface area contributed by atoms with Gasteiger partial charge in [-0.15, -0.1) is 0 Å². The number of carbonyl (C=O) groups is 1. The lowest BCUT2D eigenvalue weighted by atomic mass is 9.99. The van der Waals surface area contributed by atoms with E-state index in [0.717, 1.165) is 0 Å². The second kappa shape index (κ2) is 3.60. The molecular weight excluding hydrogens is 234 g/mol. The van der Waals surface area contributed by atoms with Gasteiger partial charge in [0.25, 0.3) is 5.60 Å². The van der Waals surface area contributed by atoms with Crippen LogP contribution in [0, 0.1) is 0 Å². The molecule has 3 rings (SSSR count). The summed E-state index contributed by atoms with van der Waals surface area (Å²) in [6.07, 6.45) is 1.61. The summed E-state index contributed by atoms with van der Waals surface area (Å²) in [5.74, 6) is 0.0338. The monoisotopic (exact) mass is 245 g/mol. The Labute approximate surface area is 103 Å². The Morgan fingerprint density at radius 2 is 2.28 bits per heavy atom. The molecule has 1 unspecified atom stereocenters. The van der Waals surface area contributed by atoms with Crippen LogP contribution in [0.5, 0.6) is 5.75 Å². The van der Waals surface area contributed by atoms with Crippen LogP contribution in [0.1, 0.15) is 12.5 Å². The van der Waals surface area contributed by atoms with Crippen LogP contribution in [0.15, 0.2) is 41.1 Å². The van der Waals surface area contributed by atoms with Crippen molar-refractivity contribution in [3.63, 3.8) is 0 Å². The highest BCUT2D eigenvalue weighted by Crippen LogP contribution is 2.48. The molecule has 0 amide bonds. The van der Waals surface area contributed by atoms with Crippen LogP contribution in [0.25, 0.3) is 0 Å². The maximum Gasteiger partial charge on any atom is 0.359 e. The molecule has 1 aliphatic carbocycles. The van der Waals surface area contributed by atoms with Crippen molar-refractivity contribution in [2.45, 2.75) is 12.5 Å². The average Bonchev–Trinajstić information content (AvgIpc) is 3.11. The molecule has 1 N–H and O–H groups in total. The molecule has 1 aromatic rings. The lowest BCUT2D eigenvalue weighted by Gasteiger charge is -2.25. The van der Waals surface area contributed by atoms with E-state index in [9.17, 15) is 4.79 Å². The average molecular weight is 245 g/mol. The number of nitrogens with zero attached hydrogens (tertiary/aromatic N) is 1. The van der Waals surface area contributed by atoms with Gasteiger partial charge in [0.1, 0.15) is 11.5 Å². The van der Waals surface area contributed by atoms with E-state index in [4.69, 9.17) is 14.7 Å². The molecule has 0 aromatic heterocycles. The molecule has 0 fully saturated rings. The lowest BCUT2D eigenvalue weighted by Crippen LogP contribution is -2.39. The smallest absolute Gasteiger partial charge is 0.359 e. The van der Waals surface area contributed by atoms with E-state index in [1.54, 1.807) is 31.2 Å². The summed E-state index contributed by atoms with van der Waals surface area (Å²) < 4.78 is 10.7. The Balaban J connectivity index is 2.03. The standard InChI is InChI=1S/C13H11NO4/c1-2-17-12(15)13-7-9(13)11(14-16)8-5-3-4-6-10(8)18-13/h3-7,16H,2H2,1H3. The summed E-state index contributed by atoms with van der Waals surface area (Å²) in [5.41, 5.74) is 0.405. The highest BCUT2D eigenvalue weighted by atomic mass is 16.6. The summed E-state index contributed by atoms with van der Waals surface area (Å²) in [6, 6.07) is 7.11. The quantitative estimate of drug-likeness (QED) is 0.487. The first-order valence-corrected chi connectivity index (χ1v) is 5.64. The first-order valence-electron chi connectivity index (χ1n) is 5.64. The van der Waals surface area contributed by atoms with Crippen LogP contribution >= 0.6 is 0 Å². The minimum Gasteiger partial charge on any atom is -0.466 e. The molecule has 18 heavy (non-hydrogen) atoms. The number of ether oxygens (including phenoxy) is 2. The molecule has 0 bridgehead atoms.